The Bertz CT molecular complexity index is 699. The van der Waals surface area contributed by atoms with Crippen LogP contribution in [0, 0.1) is 16.7 Å². The summed E-state index contributed by atoms with van der Waals surface area (Å²) >= 11 is 0. The van der Waals surface area contributed by atoms with E-state index in [9.17, 15) is 4.79 Å². The Morgan fingerprint density at radius 3 is 2.52 bits per heavy atom. The van der Waals surface area contributed by atoms with Gasteiger partial charge in [-0.3, -0.25) is 4.79 Å². The van der Waals surface area contributed by atoms with Gasteiger partial charge in [-0.15, -0.1) is 0 Å². The van der Waals surface area contributed by atoms with Gasteiger partial charge >= 0.3 is 0 Å². The molecule has 1 aliphatic carbocycles. The molecular formula is C17H22N2O2. The van der Waals surface area contributed by atoms with Crippen molar-refractivity contribution in [2.75, 3.05) is 12.3 Å². The first kappa shape index (κ1) is 14.0. The molecule has 1 heterocycles. The summed E-state index contributed by atoms with van der Waals surface area (Å²) in [6.45, 7) is 9.65. The highest BCUT2D eigenvalue weighted by Crippen LogP contribution is 2.67. The second-order valence-electron chi connectivity index (χ2n) is 7.11. The Kier molecular flexibility index (Phi) is 2.84. The number of carbonyl (C=O) groups excluding carboxylic acids is 1. The molecule has 0 bridgehead atoms. The van der Waals surface area contributed by atoms with Crippen molar-refractivity contribution in [2.24, 2.45) is 16.7 Å². The molecule has 4 nitrogen and oxygen atoms in total. The number of anilines is 1. The molecule has 112 valence electrons. The van der Waals surface area contributed by atoms with E-state index in [4.69, 9.17) is 10.2 Å². The summed E-state index contributed by atoms with van der Waals surface area (Å²) in [5.41, 5.74) is 7.61. The van der Waals surface area contributed by atoms with Crippen LogP contribution in [-0.2, 0) is 0 Å². The van der Waals surface area contributed by atoms with Crippen molar-refractivity contribution in [2.45, 2.75) is 27.7 Å². The van der Waals surface area contributed by atoms with Crippen LogP contribution < -0.4 is 11.1 Å². The second kappa shape index (κ2) is 4.26. The fourth-order valence-electron chi connectivity index (χ4n) is 3.30. The summed E-state index contributed by atoms with van der Waals surface area (Å²) in [6, 6.07) is 7.10. The zero-order chi connectivity index (χ0) is 15.4. The van der Waals surface area contributed by atoms with Crippen LogP contribution in [-0.4, -0.2) is 12.5 Å². The number of benzene rings is 1. The predicted molar refractivity (Wildman–Crippen MR) is 84.0 cm³/mol. The van der Waals surface area contributed by atoms with E-state index in [1.807, 2.05) is 6.07 Å². The highest BCUT2D eigenvalue weighted by Gasteiger charge is 2.64. The number of amides is 1. The molecule has 4 heteroatoms. The van der Waals surface area contributed by atoms with Crippen LogP contribution in [0.15, 0.2) is 28.7 Å². The number of hydrogen-bond donors (Lipinski definition) is 2. The first-order valence-corrected chi connectivity index (χ1v) is 7.31. The number of fused-ring (bicyclic) bond motifs is 1. The fraction of sp³-hybridized carbons (Fsp3) is 0.471. The summed E-state index contributed by atoms with van der Waals surface area (Å²) in [5, 5.41) is 3.84. The predicted octanol–water partition coefficient (Wildman–Crippen LogP) is 3.43. The quantitative estimate of drug-likeness (QED) is 0.849. The Morgan fingerprint density at radius 2 is 1.90 bits per heavy atom. The molecule has 1 fully saturated rings. The molecule has 1 aromatic carbocycles. The van der Waals surface area contributed by atoms with Crippen molar-refractivity contribution < 1.29 is 9.21 Å². The first-order chi connectivity index (χ1) is 9.73. The molecule has 1 aromatic heterocycles. The number of furan rings is 1. The third-order valence-corrected chi connectivity index (χ3v) is 5.55. The number of carbonyl (C=O) groups is 1. The first-order valence-electron chi connectivity index (χ1n) is 7.31. The second-order valence-corrected chi connectivity index (χ2v) is 7.11. The smallest absolute Gasteiger partial charge is 0.287 e. The van der Waals surface area contributed by atoms with E-state index < -0.39 is 0 Å². The zero-order valence-electron chi connectivity index (χ0n) is 13.0. The van der Waals surface area contributed by atoms with Gasteiger partial charge in [0.05, 0.1) is 0 Å². The minimum absolute atomic E-state index is 0.164. The van der Waals surface area contributed by atoms with Crippen molar-refractivity contribution >= 4 is 22.6 Å². The van der Waals surface area contributed by atoms with Gasteiger partial charge in [0.15, 0.2) is 5.76 Å². The molecule has 0 aliphatic heterocycles. The van der Waals surface area contributed by atoms with Crippen molar-refractivity contribution in [3.63, 3.8) is 0 Å². The van der Waals surface area contributed by atoms with Gasteiger partial charge in [-0.2, -0.15) is 0 Å². The Hall–Kier alpha value is -1.97. The van der Waals surface area contributed by atoms with Crippen LogP contribution >= 0.6 is 0 Å². The molecule has 0 saturated heterocycles. The summed E-state index contributed by atoms with van der Waals surface area (Å²) in [5.74, 6) is 0.670. The van der Waals surface area contributed by atoms with E-state index in [1.165, 1.54) is 0 Å². The van der Waals surface area contributed by atoms with Gasteiger partial charge in [-0.1, -0.05) is 27.7 Å². The third-order valence-electron chi connectivity index (χ3n) is 5.55. The lowest BCUT2D eigenvalue weighted by Gasteiger charge is -2.04. The lowest BCUT2D eigenvalue weighted by molar-refractivity contribution is 0.0924. The topological polar surface area (TPSA) is 68.3 Å². The van der Waals surface area contributed by atoms with E-state index in [-0.39, 0.29) is 16.7 Å². The normalized spacial score (nSPS) is 19.6. The van der Waals surface area contributed by atoms with Gasteiger partial charge in [-0.25, -0.2) is 0 Å². The van der Waals surface area contributed by atoms with Crippen molar-refractivity contribution in [1.82, 2.24) is 5.32 Å². The van der Waals surface area contributed by atoms with Crippen molar-refractivity contribution in [3.8, 4) is 0 Å². The SMILES string of the molecule is CC1(C)C(CNC(=O)c2cc3cc(N)ccc3o2)C1(C)C. The molecule has 3 N–H and O–H groups in total. The minimum Gasteiger partial charge on any atom is -0.451 e. The molecule has 0 radical (unpaired) electrons. The largest absolute Gasteiger partial charge is 0.451 e. The fourth-order valence-corrected chi connectivity index (χ4v) is 3.30. The highest BCUT2D eigenvalue weighted by atomic mass is 16.3. The van der Waals surface area contributed by atoms with E-state index in [0.29, 0.717) is 29.5 Å². The van der Waals surface area contributed by atoms with Gasteiger partial charge in [-0.05, 0) is 41.0 Å². The summed E-state index contributed by atoms with van der Waals surface area (Å²) in [7, 11) is 0. The maximum Gasteiger partial charge on any atom is 0.287 e. The molecule has 1 aliphatic rings. The summed E-state index contributed by atoms with van der Waals surface area (Å²) < 4.78 is 5.57. The lowest BCUT2D eigenvalue weighted by atomic mass is 10.0. The molecule has 0 atom stereocenters. The average molecular weight is 286 g/mol. The number of nitrogens with one attached hydrogen (secondary N) is 1. The van der Waals surface area contributed by atoms with E-state index in [0.717, 1.165) is 5.39 Å². The van der Waals surface area contributed by atoms with Gasteiger partial charge in [0.25, 0.3) is 5.91 Å². The maximum atomic E-state index is 12.2. The van der Waals surface area contributed by atoms with Gasteiger partial charge in [0.1, 0.15) is 5.58 Å². The molecule has 1 amide bonds. The molecule has 3 rings (SSSR count). The van der Waals surface area contributed by atoms with Crippen LogP contribution in [0.2, 0.25) is 0 Å². The molecular weight excluding hydrogens is 264 g/mol. The van der Waals surface area contributed by atoms with Crippen molar-refractivity contribution in [3.05, 3.63) is 30.0 Å². The maximum absolute atomic E-state index is 12.2. The van der Waals surface area contributed by atoms with Crippen LogP contribution in [0.4, 0.5) is 5.69 Å². The number of rotatable bonds is 3. The Morgan fingerprint density at radius 1 is 1.24 bits per heavy atom. The standard InChI is InChI=1S/C17H22N2O2/c1-16(2)14(17(16,3)4)9-19-15(20)13-8-10-7-11(18)5-6-12(10)21-13/h5-8,14H,9,18H2,1-4H3,(H,19,20). The van der Waals surface area contributed by atoms with Gasteiger partial charge in [0.2, 0.25) is 0 Å². The van der Waals surface area contributed by atoms with E-state index in [2.05, 4.69) is 33.0 Å². The van der Waals surface area contributed by atoms with Crippen molar-refractivity contribution in [1.29, 1.82) is 0 Å². The highest BCUT2D eigenvalue weighted by molar-refractivity contribution is 5.96. The lowest BCUT2D eigenvalue weighted by Crippen LogP contribution is -2.26. The van der Waals surface area contributed by atoms with Gasteiger partial charge in [0, 0.05) is 17.6 Å². The average Bonchev–Trinajstić information content (AvgIpc) is 2.74. The Balaban J connectivity index is 1.70. The molecule has 0 spiro atoms. The molecule has 1 saturated carbocycles. The third kappa shape index (κ3) is 2.09. The minimum atomic E-state index is -0.164. The summed E-state index contributed by atoms with van der Waals surface area (Å²) in [4.78, 5) is 12.2. The van der Waals surface area contributed by atoms with Crippen LogP contribution in [0.5, 0.6) is 0 Å². The number of nitrogens with two attached hydrogens (primary N) is 1. The van der Waals surface area contributed by atoms with E-state index >= 15 is 0 Å². The monoisotopic (exact) mass is 286 g/mol. The van der Waals surface area contributed by atoms with Crippen LogP contribution in [0.1, 0.15) is 38.2 Å². The Labute approximate surface area is 124 Å². The van der Waals surface area contributed by atoms with Crippen LogP contribution in [0.25, 0.3) is 11.0 Å². The molecule has 21 heavy (non-hydrogen) atoms. The number of nitrogen functional groups attached to an aromatic ring is 1. The molecule has 0 unspecified atom stereocenters. The molecule has 2 aromatic rings. The van der Waals surface area contributed by atoms with Crippen LogP contribution in [0.3, 0.4) is 0 Å². The van der Waals surface area contributed by atoms with Gasteiger partial charge < -0.3 is 15.5 Å². The van der Waals surface area contributed by atoms with E-state index in [1.54, 1.807) is 18.2 Å². The zero-order valence-corrected chi connectivity index (χ0v) is 13.0. The summed E-state index contributed by atoms with van der Waals surface area (Å²) in [6.07, 6.45) is 0. The number of hydrogen-bond acceptors (Lipinski definition) is 3.